The Kier molecular flexibility index (Phi) is 13.1. The number of ether oxygens (including phenoxy) is 2. The maximum absolute atomic E-state index is 14.2. The van der Waals surface area contributed by atoms with E-state index < -0.39 is 26.5 Å². The van der Waals surface area contributed by atoms with Gasteiger partial charge < -0.3 is 23.4 Å². The predicted molar refractivity (Wildman–Crippen MR) is 91.8 cm³/mol. The monoisotopic (exact) mass is 380 g/mol. The molecule has 2 amide bonds. The molecule has 144 valence electrons. The summed E-state index contributed by atoms with van der Waals surface area (Å²) in [5.74, 6) is -1.31. The summed E-state index contributed by atoms with van der Waals surface area (Å²) in [5.41, 5.74) is 0.157. The first-order valence-electron chi connectivity index (χ1n) is 7.60. The lowest BCUT2D eigenvalue weighted by Gasteiger charge is -2.20. The van der Waals surface area contributed by atoms with Crippen LogP contribution in [0, 0.1) is 0 Å². The number of methoxy groups -OCH3 is 1. The topological polar surface area (TPSA) is 86.3 Å². The van der Waals surface area contributed by atoms with Gasteiger partial charge in [0.25, 0.3) is 5.91 Å². The quantitative estimate of drug-likeness (QED) is 0.172. The molecule has 0 rings (SSSR count). The molecule has 1 unspecified atom stereocenters. The number of amides is 2. The van der Waals surface area contributed by atoms with Gasteiger partial charge in [-0.05, 0) is 20.8 Å². The fraction of sp³-hybridized carbons (Fsp3) is 0.600. The van der Waals surface area contributed by atoms with E-state index in [2.05, 4.69) is 0 Å². The fourth-order valence-electron chi connectivity index (χ4n) is 1.53. The maximum atomic E-state index is 14.2. The van der Waals surface area contributed by atoms with Gasteiger partial charge in [0, 0.05) is 32.0 Å². The molecule has 0 aromatic rings. The molecule has 8 nitrogen and oxygen atoms in total. The molecule has 0 aromatic heterocycles. The Bertz CT molecular complexity index is 469. The van der Waals surface area contributed by atoms with E-state index in [1.807, 2.05) is 19.2 Å². The molecule has 0 spiro atoms. The van der Waals surface area contributed by atoms with Gasteiger partial charge >= 0.3 is 0 Å². The maximum Gasteiger partial charge on any atom is 0.254 e. The smallest absolute Gasteiger partial charge is 0.254 e. The molecular formula is C15H26FN2O6P. The summed E-state index contributed by atoms with van der Waals surface area (Å²) in [7, 11) is 1.55. The Morgan fingerprint density at radius 3 is 2.40 bits per heavy atom. The normalized spacial score (nSPS) is 13.7. The van der Waals surface area contributed by atoms with Crippen molar-refractivity contribution in [2.24, 2.45) is 0 Å². The highest BCUT2D eigenvalue weighted by molar-refractivity contribution is 7.47. The lowest BCUT2D eigenvalue weighted by atomic mass is 10.3. The molecule has 0 radical (unpaired) electrons. The average Bonchev–Trinajstić information content (AvgIpc) is 2.58. The van der Waals surface area contributed by atoms with Crippen LogP contribution in [-0.2, 0) is 28.1 Å². The van der Waals surface area contributed by atoms with Crippen molar-refractivity contribution in [2.45, 2.75) is 27.1 Å². The zero-order chi connectivity index (χ0) is 19.2. The van der Waals surface area contributed by atoms with Crippen LogP contribution in [0.4, 0.5) is 4.39 Å². The highest BCUT2D eigenvalue weighted by Gasteiger charge is 2.15. The van der Waals surface area contributed by atoms with E-state index in [0.717, 1.165) is 11.0 Å². The van der Waals surface area contributed by atoms with E-state index >= 15 is 0 Å². The van der Waals surface area contributed by atoms with Crippen molar-refractivity contribution < 1.29 is 32.5 Å². The minimum Gasteiger partial charge on any atom is -0.352 e. The van der Waals surface area contributed by atoms with Crippen molar-refractivity contribution in [1.82, 2.24) is 10.2 Å². The number of imide groups is 1. The summed E-state index contributed by atoms with van der Waals surface area (Å²) >= 11 is 0. The highest BCUT2D eigenvalue weighted by Crippen LogP contribution is 2.38. The van der Waals surface area contributed by atoms with Crippen LogP contribution in [0.25, 0.3) is 0 Å². The Morgan fingerprint density at radius 2 is 1.92 bits per heavy atom. The van der Waals surface area contributed by atoms with E-state index in [9.17, 15) is 14.0 Å². The van der Waals surface area contributed by atoms with Gasteiger partial charge in [0.2, 0.25) is 6.41 Å². The Hall–Kier alpha value is -1.38. The van der Waals surface area contributed by atoms with Crippen molar-refractivity contribution in [2.75, 3.05) is 33.7 Å². The predicted octanol–water partition coefficient (Wildman–Crippen LogP) is 2.24. The lowest BCUT2D eigenvalue weighted by Crippen LogP contribution is -2.23. The van der Waals surface area contributed by atoms with Crippen molar-refractivity contribution in [3.05, 3.63) is 23.8 Å². The van der Waals surface area contributed by atoms with Crippen molar-refractivity contribution in [1.29, 1.82) is 0 Å². The SMILES string of the molecule is CCOP(COC(/C=C(/F)N(C)/C=C(/C)C(=O)NC=O)OC)OCC. The average molecular weight is 380 g/mol. The number of nitrogens with one attached hydrogen (secondary N) is 1. The number of rotatable bonds is 13. The second kappa shape index (κ2) is 13.9. The van der Waals surface area contributed by atoms with E-state index in [0.29, 0.717) is 13.2 Å². The standard InChI is InChI=1S/C15H26FN2O6P/c1-6-23-25(24-7-2)11-22-14(21-5)8-13(16)18(4)9-12(3)15(20)17-10-19/h8-10,14H,6-7,11H2,1-5H3,(H,17,19,20)/b12-9-,13-8-. The first kappa shape index (κ1) is 23.6. The number of hydrogen-bond donors (Lipinski definition) is 1. The van der Waals surface area contributed by atoms with Crippen LogP contribution in [0.3, 0.4) is 0 Å². The fourth-order valence-corrected chi connectivity index (χ4v) is 2.59. The molecule has 1 atom stereocenters. The lowest BCUT2D eigenvalue weighted by molar-refractivity contribution is -0.122. The summed E-state index contributed by atoms with van der Waals surface area (Å²) < 4.78 is 35.5. The first-order valence-corrected chi connectivity index (χ1v) is 8.96. The van der Waals surface area contributed by atoms with Crippen LogP contribution in [0.1, 0.15) is 20.8 Å². The molecular weight excluding hydrogens is 354 g/mol. The summed E-state index contributed by atoms with van der Waals surface area (Å²) in [6.45, 7) is 6.09. The molecule has 10 heteroatoms. The molecule has 0 heterocycles. The van der Waals surface area contributed by atoms with Crippen LogP contribution in [-0.4, -0.2) is 57.2 Å². The van der Waals surface area contributed by atoms with E-state index in [1.165, 1.54) is 27.3 Å². The molecule has 1 N–H and O–H groups in total. The van der Waals surface area contributed by atoms with Gasteiger partial charge in [0.15, 0.2) is 20.6 Å². The minimum absolute atomic E-state index is 0.125. The van der Waals surface area contributed by atoms with Gasteiger partial charge in [-0.25, -0.2) is 0 Å². The van der Waals surface area contributed by atoms with Gasteiger partial charge in [-0.15, -0.1) is 0 Å². The summed E-state index contributed by atoms with van der Waals surface area (Å²) in [5, 5.41) is 1.97. The number of halogens is 1. The summed E-state index contributed by atoms with van der Waals surface area (Å²) in [6.07, 6.45) is 1.78. The zero-order valence-corrected chi connectivity index (χ0v) is 16.0. The number of hydrogen-bond acceptors (Lipinski definition) is 7. The molecule has 0 aliphatic heterocycles. The van der Waals surface area contributed by atoms with Crippen molar-refractivity contribution >= 4 is 20.7 Å². The zero-order valence-electron chi connectivity index (χ0n) is 15.2. The largest absolute Gasteiger partial charge is 0.352 e. The Morgan fingerprint density at radius 1 is 1.32 bits per heavy atom. The first-order chi connectivity index (χ1) is 11.9. The Balaban J connectivity index is 4.79. The van der Waals surface area contributed by atoms with Crippen molar-refractivity contribution in [3.63, 3.8) is 0 Å². The number of carbonyl (C=O) groups excluding carboxylic acids is 2. The van der Waals surface area contributed by atoms with Gasteiger partial charge in [-0.1, -0.05) is 0 Å². The third kappa shape index (κ3) is 10.3. The van der Waals surface area contributed by atoms with Crippen LogP contribution in [0.5, 0.6) is 0 Å². The van der Waals surface area contributed by atoms with E-state index in [1.54, 1.807) is 0 Å². The molecule has 0 fully saturated rings. The summed E-state index contributed by atoms with van der Waals surface area (Å²) in [4.78, 5) is 22.7. The summed E-state index contributed by atoms with van der Waals surface area (Å²) in [6, 6.07) is 0. The molecule has 25 heavy (non-hydrogen) atoms. The van der Waals surface area contributed by atoms with Gasteiger partial charge in [-0.3, -0.25) is 14.9 Å². The molecule has 0 aliphatic rings. The van der Waals surface area contributed by atoms with E-state index in [-0.39, 0.29) is 18.3 Å². The van der Waals surface area contributed by atoms with Crippen LogP contribution in [0.2, 0.25) is 0 Å². The molecule has 0 bridgehead atoms. The van der Waals surface area contributed by atoms with Gasteiger partial charge in [0.05, 0.1) is 13.2 Å². The van der Waals surface area contributed by atoms with Crippen LogP contribution < -0.4 is 5.32 Å². The van der Waals surface area contributed by atoms with E-state index in [4.69, 9.17) is 18.5 Å². The molecule has 0 aromatic carbocycles. The Labute approximate surface area is 148 Å². The molecule has 0 saturated heterocycles. The minimum atomic E-state index is -1.23. The third-order valence-corrected chi connectivity index (χ3v) is 4.12. The van der Waals surface area contributed by atoms with Gasteiger partial charge in [-0.2, -0.15) is 4.39 Å². The molecule has 0 saturated carbocycles. The van der Waals surface area contributed by atoms with Crippen LogP contribution in [0.15, 0.2) is 23.8 Å². The molecule has 0 aliphatic carbocycles. The number of nitrogens with zero attached hydrogens (tertiary/aromatic N) is 1. The van der Waals surface area contributed by atoms with Gasteiger partial charge in [0.1, 0.15) is 6.35 Å². The van der Waals surface area contributed by atoms with Crippen molar-refractivity contribution in [3.8, 4) is 0 Å². The second-order valence-electron chi connectivity index (χ2n) is 4.57. The van der Waals surface area contributed by atoms with Crippen LogP contribution >= 0.6 is 8.38 Å². The number of carbonyl (C=O) groups is 2. The third-order valence-electron chi connectivity index (χ3n) is 2.67. The second-order valence-corrected chi connectivity index (χ2v) is 6.01. The highest BCUT2D eigenvalue weighted by atomic mass is 31.2.